The topological polar surface area (TPSA) is 0 Å². The Morgan fingerprint density at radius 2 is 1.58 bits per heavy atom. The Balaban J connectivity index is 1.49. The Morgan fingerprint density at radius 3 is 2.29 bits per heavy atom. The minimum atomic E-state index is -0.657. The van der Waals surface area contributed by atoms with E-state index in [9.17, 15) is 13.2 Å². The lowest BCUT2D eigenvalue weighted by atomic mass is 9.64. The van der Waals surface area contributed by atoms with Crippen LogP contribution in [0.2, 0.25) is 5.02 Å². The van der Waals surface area contributed by atoms with E-state index in [0.717, 1.165) is 36.8 Å². The maximum Gasteiger partial charge on any atom is 0.143 e. The van der Waals surface area contributed by atoms with Crippen molar-refractivity contribution in [1.29, 1.82) is 0 Å². The van der Waals surface area contributed by atoms with Gasteiger partial charge in [0.15, 0.2) is 0 Å². The van der Waals surface area contributed by atoms with Crippen LogP contribution in [0.5, 0.6) is 0 Å². The average molecular weight is 443 g/mol. The highest BCUT2D eigenvalue weighted by molar-refractivity contribution is 6.30. The molecule has 162 valence electrons. The van der Waals surface area contributed by atoms with Gasteiger partial charge in [0.1, 0.15) is 17.5 Å². The molecule has 0 bridgehead atoms. The highest BCUT2D eigenvalue weighted by Gasteiger charge is 2.35. The second-order valence-corrected chi connectivity index (χ2v) is 9.27. The Labute approximate surface area is 187 Å². The predicted molar refractivity (Wildman–Crippen MR) is 119 cm³/mol. The van der Waals surface area contributed by atoms with E-state index in [4.69, 9.17) is 11.6 Å². The third kappa shape index (κ3) is 5.01. The SMILES string of the molecule is C/C=C/C1CCC2CC(c3cc(F)c(C#Cc4ccc(Cl)c(F)c4)c(F)c3)CCC2C1. The summed E-state index contributed by atoms with van der Waals surface area (Å²) in [5.74, 6) is 5.47. The monoisotopic (exact) mass is 442 g/mol. The van der Waals surface area contributed by atoms with Crippen molar-refractivity contribution in [2.45, 2.75) is 51.4 Å². The highest BCUT2D eigenvalue weighted by Crippen LogP contribution is 2.48. The van der Waals surface area contributed by atoms with Crippen LogP contribution in [-0.4, -0.2) is 0 Å². The summed E-state index contributed by atoms with van der Waals surface area (Å²) >= 11 is 5.66. The van der Waals surface area contributed by atoms with Gasteiger partial charge in [-0.2, -0.15) is 0 Å². The molecule has 2 aliphatic carbocycles. The molecule has 0 amide bonds. The van der Waals surface area contributed by atoms with E-state index in [1.807, 2.05) is 0 Å². The van der Waals surface area contributed by atoms with Crippen molar-refractivity contribution < 1.29 is 13.2 Å². The molecule has 2 aromatic rings. The molecule has 0 radical (unpaired) electrons. The standard InChI is InChI=1S/C27H26ClF3/c1-2-3-17-4-7-20-14-21(9-8-19(20)12-17)22-15-25(29)23(26(30)16-22)10-5-18-6-11-24(28)27(31)13-18/h2-3,6,11,13,15-17,19-21H,4,7-9,12,14H2,1H3/b3-2+. The molecule has 0 N–H and O–H groups in total. The van der Waals surface area contributed by atoms with Crippen molar-refractivity contribution in [2.24, 2.45) is 17.8 Å². The molecule has 0 saturated heterocycles. The van der Waals surface area contributed by atoms with Crippen LogP contribution in [0.4, 0.5) is 13.2 Å². The maximum atomic E-state index is 14.7. The van der Waals surface area contributed by atoms with Crippen molar-refractivity contribution in [3.05, 3.63) is 81.6 Å². The van der Waals surface area contributed by atoms with Crippen LogP contribution in [0.15, 0.2) is 42.5 Å². The first kappa shape index (κ1) is 22.0. The molecule has 2 aliphatic rings. The highest BCUT2D eigenvalue weighted by atomic mass is 35.5. The van der Waals surface area contributed by atoms with E-state index in [1.165, 1.54) is 43.5 Å². The molecule has 4 rings (SSSR count). The van der Waals surface area contributed by atoms with E-state index < -0.39 is 17.5 Å². The van der Waals surface area contributed by atoms with Gasteiger partial charge in [0.2, 0.25) is 0 Å². The lowest BCUT2D eigenvalue weighted by Crippen LogP contribution is -2.30. The molecule has 2 aromatic carbocycles. The van der Waals surface area contributed by atoms with Gasteiger partial charge >= 0.3 is 0 Å². The largest absolute Gasteiger partial charge is 0.206 e. The summed E-state index contributed by atoms with van der Waals surface area (Å²) in [5, 5.41) is -0.0164. The number of benzene rings is 2. The van der Waals surface area contributed by atoms with Gasteiger partial charge in [-0.25, -0.2) is 13.2 Å². The van der Waals surface area contributed by atoms with Gasteiger partial charge in [0.25, 0.3) is 0 Å². The molecule has 0 nitrogen and oxygen atoms in total. The first-order chi connectivity index (χ1) is 14.9. The second kappa shape index (κ2) is 9.53. The molecular formula is C27H26ClF3. The van der Waals surface area contributed by atoms with E-state index in [2.05, 4.69) is 30.9 Å². The molecule has 0 aliphatic heterocycles. The van der Waals surface area contributed by atoms with E-state index in [1.54, 1.807) is 0 Å². The molecule has 4 heteroatoms. The quantitative estimate of drug-likeness (QED) is 0.326. The fourth-order valence-corrected chi connectivity index (χ4v) is 5.45. The van der Waals surface area contributed by atoms with Crippen molar-refractivity contribution in [3.63, 3.8) is 0 Å². The molecule has 0 aromatic heterocycles. The van der Waals surface area contributed by atoms with Gasteiger partial charge in [-0.15, -0.1) is 0 Å². The van der Waals surface area contributed by atoms with E-state index >= 15 is 0 Å². The minimum Gasteiger partial charge on any atom is -0.206 e. The summed E-state index contributed by atoms with van der Waals surface area (Å²) in [7, 11) is 0. The summed E-state index contributed by atoms with van der Waals surface area (Å²) in [6.07, 6.45) is 11.2. The van der Waals surface area contributed by atoms with Crippen LogP contribution in [0.3, 0.4) is 0 Å². The molecule has 2 saturated carbocycles. The summed E-state index contributed by atoms with van der Waals surface area (Å²) < 4.78 is 43.0. The van der Waals surface area contributed by atoms with Crippen LogP contribution < -0.4 is 0 Å². The normalized spacial score (nSPS) is 25.7. The molecular weight excluding hydrogens is 417 g/mol. The predicted octanol–water partition coefficient (Wildman–Crippen LogP) is 8.03. The maximum absolute atomic E-state index is 14.7. The van der Waals surface area contributed by atoms with Gasteiger partial charge in [-0.1, -0.05) is 35.6 Å². The van der Waals surface area contributed by atoms with Crippen LogP contribution in [-0.2, 0) is 0 Å². The third-order valence-electron chi connectivity index (χ3n) is 6.91. The fourth-order valence-electron chi connectivity index (χ4n) is 5.33. The van der Waals surface area contributed by atoms with Crippen LogP contribution in [0, 0.1) is 47.0 Å². The van der Waals surface area contributed by atoms with Gasteiger partial charge in [-0.05, 0) is 105 Å². The van der Waals surface area contributed by atoms with Gasteiger partial charge in [0, 0.05) is 5.56 Å². The number of rotatable bonds is 2. The van der Waals surface area contributed by atoms with Crippen molar-refractivity contribution >= 4 is 11.6 Å². The zero-order valence-electron chi connectivity index (χ0n) is 17.6. The summed E-state index contributed by atoms with van der Waals surface area (Å²) in [6.45, 7) is 2.08. The summed E-state index contributed by atoms with van der Waals surface area (Å²) in [4.78, 5) is 0. The molecule has 4 atom stereocenters. The van der Waals surface area contributed by atoms with Gasteiger partial charge in [0.05, 0.1) is 10.6 Å². The number of fused-ring (bicyclic) bond motifs is 1. The summed E-state index contributed by atoms with van der Waals surface area (Å²) in [6, 6.07) is 6.92. The second-order valence-electron chi connectivity index (χ2n) is 8.87. The Bertz CT molecular complexity index is 1020. The summed E-state index contributed by atoms with van der Waals surface area (Å²) in [5.41, 5.74) is 0.767. The van der Waals surface area contributed by atoms with Gasteiger partial charge in [-0.3, -0.25) is 0 Å². The Hall–Kier alpha value is -2.18. The zero-order valence-corrected chi connectivity index (χ0v) is 18.4. The third-order valence-corrected chi connectivity index (χ3v) is 7.21. The van der Waals surface area contributed by atoms with Crippen molar-refractivity contribution in [2.75, 3.05) is 0 Å². The molecule has 4 unspecified atom stereocenters. The molecule has 0 heterocycles. The zero-order chi connectivity index (χ0) is 22.0. The smallest absolute Gasteiger partial charge is 0.143 e. The van der Waals surface area contributed by atoms with Crippen molar-refractivity contribution in [3.8, 4) is 11.8 Å². The molecule has 2 fully saturated rings. The first-order valence-corrected chi connectivity index (χ1v) is 11.4. The fraction of sp³-hybridized carbons (Fsp3) is 0.407. The van der Waals surface area contributed by atoms with Crippen LogP contribution in [0.25, 0.3) is 0 Å². The number of hydrogen-bond donors (Lipinski definition) is 0. The van der Waals surface area contributed by atoms with E-state index in [-0.39, 0.29) is 16.5 Å². The van der Waals surface area contributed by atoms with Crippen molar-refractivity contribution in [1.82, 2.24) is 0 Å². The Morgan fingerprint density at radius 1 is 0.871 bits per heavy atom. The molecule has 0 spiro atoms. The van der Waals surface area contributed by atoms with Crippen LogP contribution in [0.1, 0.15) is 68.1 Å². The Kier molecular flexibility index (Phi) is 6.77. The lowest BCUT2D eigenvalue weighted by Gasteiger charge is -2.41. The van der Waals surface area contributed by atoms with Crippen LogP contribution >= 0.6 is 11.6 Å². The average Bonchev–Trinajstić information content (AvgIpc) is 2.75. The minimum absolute atomic E-state index is 0.0164. The van der Waals surface area contributed by atoms with E-state index in [0.29, 0.717) is 17.4 Å². The number of halogens is 4. The number of hydrogen-bond acceptors (Lipinski definition) is 0. The first-order valence-electron chi connectivity index (χ1n) is 11.0. The molecule has 31 heavy (non-hydrogen) atoms. The number of allylic oxidation sites excluding steroid dienone is 2. The lowest BCUT2D eigenvalue weighted by molar-refractivity contribution is 0.133. The van der Waals surface area contributed by atoms with Gasteiger partial charge < -0.3 is 0 Å².